The Bertz CT molecular complexity index is 2910. The molecule has 242 valence electrons. The van der Waals surface area contributed by atoms with Crippen LogP contribution >= 0.6 is 0 Å². The van der Waals surface area contributed by atoms with Crippen LogP contribution in [0.3, 0.4) is 0 Å². The van der Waals surface area contributed by atoms with Crippen molar-refractivity contribution in [2.75, 3.05) is 0 Å². The van der Waals surface area contributed by atoms with Crippen LogP contribution in [0.5, 0.6) is 0 Å². The lowest BCUT2D eigenvalue weighted by atomic mass is 9.77. The Morgan fingerprint density at radius 1 is 0.510 bits per heavy atom. The minimum Gasteiger partial charge on any atom is -0.260 e. The third-order valence-corrected chi connectivity index (χ3v) is 11.1. The van der Waals surface area contributed by atoms with E-state index in [2.05, 4.69) is 159 Å². The molecule has 1 aliphatic heterocycles. The Balaban J connectivity index is 1.18. The van der Waals surface area contributed by atoms with Crippen molar-refractivity contribution in [3.63, 3.8) is 0 Å². The fraction of sp³-hybridized carbons (Fsp3) is 0.102. The molecular weight excluding hydrogens is 617 g/mol. The number of nitrogens with zero attached hydrogens (tertiary/aromatic N) is 2. The molecule has 0 radical (unpaired) electrons. The van der Waals surface area contributed by atoms with E-state index in [1.165, 1.54) is 70.6 Å². The van der Waals surface area contributed by atoms with E-state index < -0.39 is 0 Å². The molecule has 1 atom stereocenters. The second kappa shape index (κ2) is 11.7. The van der Waals surface area contributed by atoms with Gasteiger partial charge in [0.1, 0.15) is 0 Å². The highest BCUT2D eigenvalue weighted by Gasteiger charge is 2.28. The first-order valence-corrected chi connectivity index (χ1v) is 18.0. The number of hydrogen-bond acceptors (Lipinski definition) is 2. The maximum Gasteiger partial charge on any atom is 0.0702 e. The largest absolute Gasteiger partial charge is 0.260 e. The lowest BCUT2D eigenvalue weighted by molar-refractivity contribution is 0.658. The van der Waals surface area contributed by atoms with Crippen molar-refractivity contribution >= 4 is 67.3 Å². The predicted octanol–water partition coefficient (Wildman–Crippen LogP) is 11.2. The molecule has 0 saturated carbocycles. The number of aliphatic imine (C=N–C) groups is 1. The minimum atomic E-state index is -0.253. The van der Waals surface area contributed by atoms with Gasteiger partial charge in [-0.2, -0.15) is 0 Å². The van der Waals surface area contributed by atoms with Crippen molar-refractivity contribution in [1.82, 2.24) is 4.98 Å². The summed E-state index contributed by atoms with van der Waals surface area (Å²) in [6.45, 7) is 2.32. The fourth-order valence-corrected chi connectivity index (χ4v) is 8.30. The summed E-state index contributed by atoms with van der Waals surface area (Å²) < 4.78 is 0. The van der Waals surface area contributed by atoms with E-state index in [1.807, 2.05) is 12.3 Å². The van der Waals surface area contributed by atoms with E-state index in [0.29, 0.717) is 0 Å². The molecule has 0 spiro atoms. The topological polar surface area (TPSA) is 25.2 Å². The molecule has 0 saturated heterocycles. The third-order valence-electron chi connectivity index (χ3n) is 11.1. The lowest BCUT2D eigenvalue weighted by Crippen LogP contribution is -2.32. The smallest absolute Gasteiger partial charge is 0.0702 e. The van der Waals surface area contributed by atoms with Crippen molar-refractivity contribution in [2.45, 2.75) is 31.6 Å². The first-order chi connectivity index (χ1) is 25.1. The number of benzene rings is 7. The van der Waals surface area contributed by atoms with Crippen molar-refractivity contribution < 1.29 is 0 Å². The summed E-state index contributed by atoms with van der Waals surface area (Å²) in [5.41, 5.74) is 9.25. The predicted molar refractivity (Wildman–Crippen MR) is 217 cm³/mol. The first kappa shape index (κ1) is 29.8. The number of aromatic nitrogens is 1. The van der Waals surface area contributed by atoms with Crippen LogP contribution in [0.1, 0.15) is 37.3 Å². The molecule has 7 aromatic carbocycles. The second-order valence-electron chi connectivity index (χ2n) is 14.3. The van der Waals surface area contributed by atoms with Gasteiger partial charge >= 0.3 is 0 Å². The van der Waals surface area contributed by atoms with Gasteiger partial charge in [0, 0.05) is 28.8 Å². The maximum absolute atomic E-state index is 5.08. The zero-order chi connectivity index (χ0) is 33.9. The van der Waals surface area contributed by atoms with Crippen LogP contribution in [-0.4, -0.2) is 11.2 Å². The number of rotatable bonds is 4. The number of allylic oxidation sites excluding steroid dienone is 1. The van der Waals surface area contributed by atoms with Crippen LogP contribution in [0, 0.1) is 0 Å². The average Bonchev–Trinajstić information content (AvgIpc) is 3.19. The van der Waals surface area contributed by atoms with Gasteiger partial charge in [-0.05, 0) is 120 Å². The van der Waals surface area contributed by atoms with Gasteiger partial charge in [-0.25, -0.2) is 0 Å². The zero-order valence-electron chi connectivity index (χ0n) is 28.6. The highest BCUT2D eigenvalue weighted by molar-refractivity contribution is 6.08. The second-order valence-corrected chi connectivity index (χ2v) is 14.3. The fourth-order valence-electron chi connectivity index (χ4n) is 8.30. The molecule has 2 heteroatoms. The number of hydrogen-bond donors (Lipinski definition) is 0. The van der Waals surface area contributed by atoms with E-state index >= 15 is 0 Å². The Kier molecular flexibility index (Phi) is 6.86. The molecule has 10 rings (SSSR count). The first-order valence-electron chi connectivity index (χ1n) is 18.0. The van der Waals surface area contributed by atoms with Gasteiger partial charge in [-0.1, -0.05) is 128 Å². The average molecular weight is 653 g/mol. The van der Waals surface area contributed by atoms with Crippen LogP contribution in [0.15, 0.2) is 151 Å². The number of pyridine rings is 1. The third kappa shape index (κ3) is 5.02. The molecule has 0 bridgehead atoms. The van der Waals surface area contributed by atoms with E-state index in [9.17, 15) is 0 Å². The molecule has 51 heavy (non-hydrogen) atoms. The summed E-state index contributed by atoms with van der Waals surface area (Å²) in [5, 5.41) is 11.5. The highest BCUT2D eigenvalue weighted by Crippen LogP contribution is 2.39. The van der Waals surface area contributed by atoms with Gasteiger partial charge in [-0.3, -0.25) is 9.98 Å². The molecule has 0 amide bonds. The summed E-state index contributed by atoms with van der Waals surface area (Å²) in [5.74, 6) is 0. The van der Waals surface area contributed by atoms with E-state index in [-0.39, 0.29) is 5.41 Å². The van der Waals surface area contributed by atoms with Gasteiger partial charge < -0.3 is 0 Å². The summed E-state index contributed by atoms with van der Waals surface area (Å²) >= 11 is 0. The summed E-state index contributed by atoms with van der Waals surface area (Å²) in [6.07, 6.45) is 14.3. The quantitative estimate of drug-likeness (QED) is 0.186. The Morgan fingerprint density at radius 2 is 1.10 bits per heavy atom. The van der Waals surface area contributed by atoms with Crippen LogP contribution < -0.4 is 10.4 Å². The molecular formula is C49H36N2. The highest BCUT2D eigenvalue weighted by atomic mass is 14.8. The zero-order valence-corrected chi connectivity index (χ0v) is 28.6. The summed E-state index contributed by atoms with van der Waals surface area (Å²) in [6, 6.07) is 49.0. The lowest BCUT2D eigenvalue weighted by Gasteiger charge is -2.29. The molecule has 2 nitrogen and oxygen atoms in total. The number of para-hydroxylation sites is 1. The van der Waals surface area contributed by atoms with Gasteiger partial charge in [-0.15, -0.1) is 0 Å². The molecule has 8 aromatic rings. The van der Waals surface area contributed by atoms with E-state index in [0.717, 1.165) is 41.4 Å². The summed E-state index contributed by atoms with van der Waals surface area (Å²) in [4.78, 5) is 9.79. The van der Waals surface area contributed by atoms with Crippen LogP contribution in [0.4, 0.5) is 0 Å². The van der Waals surface area contributed by atoms with Gasteiger partial charge in [0.25, 0.3) is 0 Å². The van der Waals surface area contributed by atoms with Crippen molar-refractivity contribution in [3.8, 4) is 22.3 Å². The molecule has 1 aliphatic carbocycles. The number of fused-ring (bicyclic) bond motifs is 5. The molecule has 1 aromatic heterocycles. The Morgan fingerprint density at radius 3 is 1.75 bits per heavy atom. The minimum absolute atomic E-state index is 0.253. The van der Waals surface area contributed by atoms with Gasteiger partial charge in [0.2, 0.25) is 0 Å². The normalized spacial score (nSPS) is 16.9. The van der Waals surface area contributed by atoms with Crippen LogP contribution in [0.2, 0.25) is 0 Å². The summed E-state index contributed by atoms with van der Waals surface area (Å²) in [7, 11) is 0. The van der Waals surface area contributed by atoms with Crippen molar-refractivity contribution in [2.24, 2.45) is 4.99 Å². The molecule has 2 heterocycles. The SMILES string of the molecule is CC1(c2ccc3c(-c4ccc5ccccc5c4)c4c(c(-c5ccc6ccccc6c5)c3c2)=CCCC=4)C=NC(c2cnc3ccccc3c2)=CC1. The van der Waals surface area contributed by atoms with Crippen molar-refractivity contribution in [3.05, 3.63) is 167 Å². The molecule has 1 unspecified atom stereocenters. The van der Waals surface area contributed by atoms with Crippen LogP contribution in [0.25, 0.3) is 83.3 Å². The molecule has 0 fully saturated rings. The standard InChI is InChI=1S/C49H36N2/c1-49(25-24-46(51-31-49)39-28-36-14-6-9-17-45(36)50-30-39)40-22-23-43-44(29-40)48(38-21-19-33-11-3-5-13-35(33)27-38)42-16-8-7-15-41(42)47(43)37-20-18-32-10-2-4-12-34(32)26-37/h2-6,9-24,26-31H,7-8,25H2,1H3. The monoisotopic (exact) mass is 652 g/mol. The van der Waals surface area contributed by atoms with Crippen LogP contribution in [-0.2, 0) is 5.41 Å². The maximum atomic E-state index is 5.08. The van der Waals surface area contributed by atoms with Crippen molar-refractivity contribution in [1.29, 1.82) is 0 Å². The Labute approximate surface area is 297 Å². The van der Waals surface area contributed by atoms with Gasteiger partial charge in [0.15, 0.2) is 0 Å². The van der Waals surface area contributed by atoms with Gasteiger partial charge in [0.05, 0.1) is 11.2 Å². The Hall–Kier alpha value is -6.12. The van der Waals surface area contributed by atoms with E-state index in [4.69, 9.17) is 9.98 Å². The molecule has 0 N–H and O–H groups in total. The van der Waals surface area contributed by atoms with E-state index in [1.54, 1.807) is 0 Å². The molecule has 2 aliphatic rings.